The molecule has 0 heterocycles. The fourth-order valence-corrected chi connectivity index (χ4v) is 4.36. The molecule has 0 aliphatic heterocycles. The smallest absolute Gasteiger partial charge is 0.338 e. The Morgan fingerprint density at radius 3 is 1.25 bits per heavy atom. The highest BCUT2D eigenvalue weighted by Gasteiger charge is 2.04. The number of rotatable bonds is 23. The van der Waals surface area contributed by atoms with E-state index < -0.39 is 0 Å². The van der Waals surface area contributed by atoms with E-state index in [0.717, 1.165) is 6.42 Å². The van der Waals surface area contributed by atoms with E-state index in [2.05, 4.69) is 6.92 Å². The molecule has 0 spiro atoms. The van der Waals surface area contributed by atoms with Crippen molar-refractivity contribution in [2.75, 3.05) is 6.61 Å². The van der Waals surface area contributed by atoms with Crippen LogP contribution in [0.5, 0.6) is 0 Å². The third-order valence-electron chi connectivity index (χ3n) is 6.49. The van der Waals surface area contributed by atoms with Crippen molar-refractivity contribution in [3.8, 4) is 0 Å². The fourth-order valence-electron chi connectivity index (χ4n) is 4.36. The van der Waals surface area contributed by atoms with Gasteiger partial charge in [-0.25, -0.2) is 4.79 Å². The Kier molecular flexibility index (Phi) is 20.5. The summed E-state index contributed by atoms with van der Waals surface area (Å²) in [6.45, 7) is 2.84. The van der Waals surface area contributed by atoms with E-state index in [9.17, 15) is 4.79 Å². The van der Waals surface area contributed by atoms with Crippen LogP contribution in [0.3, 0.4) is 0 Å². The summed E-state index contributed by atoms with van der Waals surface area (Å²) in [5.74, 6) is -0.196. The van der Waals surface area contributed by atoms with Crippen LogP contribution in [-0.2, 0) is 4.74 Å². The van der Waals surface area contributed by atoms with Crippen LogP contribution in [0.15, 0.2) is 30.3 Å². The van der Waals surface area contributed by atoms with Gasteiger partial charge >= 0.3 is 5.97 Å². The predicted octanol–water partition coefficient (Wildman–Crippen LogP) is 10.1. The third-order valence-corrected chi connectivity index (χ3v) is 6.49. The van der Waals surface area contributed by atoms with Crippen LogP contribution in [0.4, 0.5) is 0 Å². The molecule has 1 rings (SSSR count). The van der Waals surface area contributed by atoms with Crippen molar-refractivity contribution in [2.45, 2.75) is 142 Å². The Hall–Kier alpha value is -1.31. The van der Waals surface area contributed by atoms with Crippen LogP contribution in [0.2, 0.25) is 0 Å². The Bertz CT molecular complexity index is 511. The van der Waals surface area contributed by atoms with E-state index in [4.69, 9.17) is 4.74 Å². The van der Waals surface area contributed by atoms with Gasteiger partial charge in [-0.2, -0.15) is 0 Å². The van der Waals surface area contributed by atoms with Gasteiger partial charge in [-0.05, 0) is 18.6 Å². The second-order valence-corrected chi connectivity index (χ2v) is 9.57. The largest absolute Gasteiger partial charge is 0.462 e. The molecule has 0 unspecified atom stereocenters. The molecule has 184 valence electrons. The predicted molar refractivity (Wildman–Crippen MR) is 139 cm³/mol. The molecule has 0 amide bonds. The van der Waals surface area contributed by atoms with Crippen molar-refractivity contribution in [2.24, 2.45) is 0 Å². The monoisotopic (exact) mass is 444 g/mol. The minimum atomic E-state index is -0.196. The number of carbonyl (C=O) groups excluding carboxylic acids is 1. The number of hydrogen-bond donors (Lipinski definition) is 0. The lowest BCUT2D eigenvalue weighted by molar-refractivity contribution is 0.0497. The number of unbranched alkanes of at least 4 members (excludes halogenated alkanes) is 20. The van der Waals surface area contributed by atoms with Crippen LogP contribution < -0.4 is 0 Å². The number of benzene rings is 1. The maximum atomic E-state index is 11.8. The normalized spacial score (nSPS) is 11.0. The molecule has 0 saturated carbocycles. The van der Waals surface area contributed by atoms with Gasteiger partial charge in [0.1, 0.15) is 0 Å². The van der Waals surface area contributed by atoms with Gasteiger partial charge < -0.3 is 4.74 Å². The molecule has 2 heteroatoms. The minimum Gasteiger partial charge on any atom is -0.462 e. The molecular formula is C30H52O2. The van der Waals surface area contributed by atoms with Crippen molar-refractivity contribution in [3.05, 3.63) is 35.9 Å². The number of hydrogen-bond acceptors (Lipinski definition) is 2. The van der Waals surface area contributed by atoms with Crippen LogP contribution in [0.1, 0.15) is 152 Å². The van der Waals surface area contributed by atoms with Gasteiger partial charge in [0.25, 0.3) is 0 Å². The lowest BCUT2D eigenvalue weighted by Crippen LogP contribution is -2.06. The van der Waals surface area contributed by atoms with Gasteiger partial charge in [0.05, 0.1) is 12.2 Å². The lowest BCUT2D eigenvalue weighted by Gasteiger charge is -2.05. The Balaban J connectivity index is 1.70. The summed E-state index contributed by atoms with van der Waals surface area (Å²) in [5.41, 5.74) is 0.649. The quantitative estimate of drug-likeness (QED) is 0.124. The maximum Gasteiger partial charge on any atom is 0.338 e. The summed E-state index contributed by atoms with van der Waals surface area (Å²) >= 11 is 0. The molecule has 0 atom stereocenters. The summed E-state index contributed by atoms with van der Waals surface area (Å²) in [6, 6.07) is 9.27. The topological polar surface area (TPSA) is 26.3 Å². The Morgan fingerprint density at radius 2 is 0.875 bits per heavy atom. The number of carbonyl (C=O) groups is 1. The van der Waals surface area contributed by atoms with Gasteiger partial charge in [-0.15, -0.1) is 0 Å². The maximum absolute atomic E-state index is 11.8. The molecule has 1 aromatic rings. The molecule has 0 radical (unpaired) electrons. The molecule has 0 saturated heterocycles. The third kappa shape index (κ3) is 18.3. The van der Waals surface area contributed by atoms with Crippen molar-refractivity contribution < 1.29 is 9.53 Å². The van der Waals surface area contributed by atoms with Crippen molar-refractivity contribution in [1.82, 2.24) is 0 Å². The van der Waals surface area contributed by atoms with Gasteiger partial charge in [0, 0.05) is 0 Å². The van der Waals surface area contributed by atoms with Crippen LogP contribution >= 0.6 is 0 Å². The average Bonchev–Trinajstić information content (AvgIpc) is 2.82. The number of ether oxygens (including phenoxy) is 1. The van der Waals surface area contributed by atoms with E-state index >= 15 is 0 Å². The molecule has 0 N–H and O–H groups in total. The standard InChI is InChI=1S/C30H52O2/c1-2-3-4-5-6-7-8-9-10-11-12-13-14-15-16-17-18-19-20-21-25-28-32-30(31)29-26-23-22-24-27-29/h22-24,26-27H,2-21,25,28H2,1H3. The van der Waals surface area contributed by atoms with Gasteiger partial charge in [0.2, 0.25) is 0 Å². The molecule has 0 fully saturated rings. The van der Waals surface area contributed by atoms with Gasteiger partial charge in [-0.1, -0.05) is 154 Å². The first-order valence-electron chi connectivity index (χ1n) is 14.1. The first-order chi connectivity index (χ1) is 15.8. The Morgan fingerprint density at radius 1 is 0.531 bits per heavy atom. The summed E-state index contributed by atoms with van der Waals surface area (Å²) in [7, 11) is 0. The van der Waals surface area contributed by atoms with Crippen molar-refractivity contribution in [1.29, 1.82) is 0 Å². The fraction of sp³-hybridized carbons (Fsp3) is 0.767. The highest BCUT2D eigenvalue weighted by molar-refractivity contribution is 5.89. The summed E-state index contributed by atoms with van der Waals surface area (Å²) in [5, 5.41) is 0. The van der Waals surface area contributed by atoms with E-state index in [0.29, 0.717) is 12.2 Å². The van der Waals surface area contributed by atoms with Gasteiger partial charge in [0.15, 0.2) is 0 Å². The van der Waals surface area contributed by atoms with E-state index in [1.54, 1.807) is 12.1 Å². The zero-order valence-corrected chi connectivity index (χ0v) is 21.3. The first-order valence-corrected chi connectivity index (χ1v) is 14.1. The second-order valence-electron chi connectivity index (χ2n) is 9.57. The minimum absolute atomic E-state index is 0.196. The number of esters is 1. The highest BCUT2D eigenvalue weighted by Crippen LogP contribution is 2.15. The summed E-state index contributed by atoms with van der Waals surface area (Å²) < 4.78 is 5.33. The molecule has 0 aliphatic rings. The molecule has 2 nitrogen and oxygen atoms in total. The molecular weight excluding hydrogens is 392 g/mol. The van der Waals surface area contributed by atoms with Crippen molar-refractivity contribution in [3.63, 3.8) is 0 Å². The highest BCUT2D eigenvalue weighted by atomic mass is 16.5. The van der Waals surface area contributed by atoms with E-state index in [-0.39, 0.29) is 5.97 Å². The van der Waals surface area contributed by atoms with E-state index in [1.807, 2.05) is 18.2 Å². The van der Waals surface area contributed by atoms with Crippen molar-refractivity contribution >= 4 is 5.97 Å². The van der Waals surface area contributed by atoms with Gasteiger partial charge in [-0.3, -0.25) is 0 Å². The molecule has 0 aliphatic carbocycles. The Labute approximate surface area is 199 Å². The zero-order chi connectivity index (χ0) is 23.0. The first kappa shape index (κ1) is 28.7. The molecule has 0 aromatic heterocycles. The summed E-state index contributed by atoms with van der Waals surface area (Å²) in [6.07, 6.45) is 29.1. The molecule has 1 aromatic carbocycles. The second kappa shape index (κ2) is 22.9. The van der Waals surface area contributed by atoms with E-state index in [1.165, 1.54) is 128 Å². The van der Waals surface area contributed by atoms with Crippen LogP contribution in [-0.4, -0.2) is 12.6 Å². The zero-order valence-electron chi connectivity index (χ0n) is 21.3. The average molecular weight is 445 g/mol. The SMILES string of the molecule is CCCCCCCCCCCCCCCCCCCCCCCOC(=O)c1ccccc1. The molecule has 32 heavy (non-hydrogen) atoms. The summed E-state index contributed by atoms with van der Waals surface area (Å²) in [4.78, 5) is 11.8. The molecule has 0 bridgehead atoms. The van der Waals surface area contributed by atoms with Crippen LogP contribution in [0.25, 0.3) is 0 Å². The van der Waals surface area contributed by atoms with Crippen LogP contribution in [0, 0.1) is 0 Å². The lowest BCUT2D eigenvalue weighted by atomic mass is 10.0.